The first-order valence-corrected chi connectivity index (χ1v) is 4.79. The van der Waals surface area contributed by atoms with Crippen molar-refractivity contribution in [3.05, 3.63) is 0 Å². The Hall–Kier alpha value is -0.0800. The van der Waals surface area contributed by atoms with Crippen molar-refractivity contribution in [2.75, 3.05) is 26.2 Å². The van der Waals surface area contributed by atoms with E-state index in [1.807, 2.05) is 0 Å². The number of hydrogen-bond acceptors (Lipinski definition) is 2. The molecule has 1 saturated carbocycles. The Labute approximate surface area is 68.7 Å². The largest absolute Gasteiger partial charge is 0.317 e. The average Bonchev–Trinajstić information content (AvgIpc) is 2.64. The number of hydrogen-bond donors (Lipinski definition) is 2. The maximum Gasteiger partial charge on any atom is 0.00116 e. The minimum atomic E-state index is 0.738. The summed E-state index contributed by atoms with van der Waals surface area (Å²) in [6.45, 7) is 7.05. The lowest BCUT2D eigenvalue weighted by Crippen LogP contribution is -2.28. The Morgan fingerprint density at radius 3 is 3.00 bits per heavy atom. The maximum atomic E-state index is 3.49. The molecule has 64 valence electrons. The van der Waals surface area contributed by atoms with Crippen LogP contribution in [0.25, 0.3) is 0 Å². The van der Waals surface area contributed by atoms with Crippen molar-refractivity contribution in [2.24, 2.45) is 11.3 Å². The highest BCUT2D eigenvalue weighted by molar-refractivity contribution is 5.05. The predicted molar refractivity (Wildman–Crippen MR) is 46.6 cm³/mol. The fraction of sp³-hybridized carbons (Fsp3) is 1.00. The Bertz CT molecular complexity index is 140. The predicted octanol–water partition coefficient (Wildman–Crippen LogP) is 0.595. The first-order valence-electron chi connectivity index (χ1n) is 4.79. The normalized spacial score (nSPS) is 33.0. The van der Waals surface area contributed by atoms with E-state index in [0.717, 1.165) is 17.9 Å². The van der Waals surface area contributed by atoms with Gasteiger partial charge in [-0.2, -0.15) is 0 Å². The van der Waals surface area contributed by atoms with Gasteiger partial charge in [-0.3, -0.25) is 0 Å². The lowest BCUT2D eigenvalue weighted by molar-refractivity contribution is 0.379. The van der Waals surface area contributed by atoms with Gasteiger partial charge in [0, 0.05) is 6.54 Å². The Kier molecular flexibility index (Phi) is 1.90. The molecule has 2 N–H and O–H groups in total. The van der Waals surface area contributed by atoms with Crippen LogP contribution in [0.4, 0.5) is 0 Å². The van der Waals surface area contributed by atoms with E-state index in [1.165, 1.54) is 32.5 Å². The van der Waals surface area contributed by atoms with Crippen LogP contribution in [0, 0.1) is 11.3 Å². The van der Waals surface area contributed by atoms with Crippen molar-refractivity contribution in [2.45, 2.75) is 19.8 Å². The van der Waals surface area contributed by atoms with E-state index in [4.69, 9.17) is 0 Å². The van der Waals surface area contributed by atoms with E-state index < -0.39 is 0 Å². The van der Waals surface area contributed by atoms with Crippen LogP contribution in [0.1, 0.15) is 19.8 Å². The van der Waals surface area contributed by atoms with Crippen molar-refractivity contribution in [3.8, 4) is 0 Å². The number of nitrogens with one attached hydrogen (secondary N) is 2. The minimum Gasteiger partial charge on any atom is -0.317 e. The molecule has 0 aromatic carbocycles. The zero-order valence-electron chi connectivity index (χ0n) is 7.32. The van der Waals surface area contributed by atoms with Crippen molar-refractivity contribution in [1.82, 2.24) is 10.6 Å². The lowest BCUT2D eigenvalue weighted by Gasteiger charge is -2.16. The molecule has 0 aromatic heterocycles. The second-order valence-electron chi connectivity index (χ2n) is 4.00. The van der Waals surface area contributed by atoms with Gasteiger partial charge < -0.3 is 10.6 Å². The molecule has 0 aromatic rings. The highest BCUT2D eigenvalue weighted by Crippen LogP contribution is 2.53. The molecular weight excluding hydrogens is 136 g/mol. The third-order valence-corrected chi connectivity index (χ3v) is 3.27. The van der Waals surface area contributed by atoms with Gasteiger partial charge in [-0.25, -0.2) is 0 Å². The van der Waals surface area contributed by atoms with Crippen molar-refractivity contribution in [1.29, 1.82) is 0 Å². The summed E-state index contributed by atoms with van der Waals surface area (Å²) in [5, 5.41) is 6.94. The molecule has 0 amide bonds. The maximum absolute atomic E-state index is 3.49. The molecule has 1 atom stereocenters. The summed E-state index contributed by atoms with van der Waals surface area (Å²) in [6, 6.07) is 0. The molecule has 1 aliphatic heterocycles. The first kappa shape index (κ1) is 7.56. The van der Waals surface area contributed by atoms with Crippen LogP contribution in [-0.4, -0.2) is 26.2 Å². The zero-order chi connectivity index (χ0) is 7.73. The molecule has 2 fully saturated rings. The molecule has 1 spiro atoms. The molecule has 1 unspecified atom stereocenters. The molecule has 2 aliphatic rings. The Morgan fingerprint density at radius 2 is 2.36 bits per heavy atom. The second kappa shape index (κ2) is 2.76. The molecule has 1 aliphatic carbocycles. The van der Waals surface area contributed by atoms with E-state index in [2.05, 4.69) is 17.6 Å². The molecule has 2 nitrogen and oxygen atoms in total. The summed E-state index contributed by atoms with van der Waals surface area (Å²) in [7, 11) is 0. The summed E-state index contributed by atoms with van der Waals surface area (Å²) in [5.74, 6) is 0.919. The van der Waals surface area contributed by atoms with Gasteiger partial charge in [-0.1, -0.05) is 6.92 Å². The first-order chi connectivity index (χ1) is 5.37. The van der Waals surface area contributed by atoms with Gasteiger partial charge in [0.2, 0.25) is 0 Å². The van der Waals surface area contributed by atoms with Crippen LogP contribution in [-0.2, 0) is 0 Å². The van der Waals surface area contributed by atoms with Crippen LogP contribution in [0.5, 0.6) is 0 Å². The van der Waals surface area contributed by atoms with Crippen molar-refractivity contribution in [3.63, 3.8) is 0 Å². The van der Waals surface area contributed by atoms with Gasteiger partial charge in [-0.05, 0) is 43.8 Å². The fourth-order valence-corrected chi connectivity index (χ4v) is 2.21. The molecule has 2 rings (SSSR count). The van der Waals surface area contributed by atoms with Gasteiger partial charge in [0.05, 0.1) is 0 Å². The fourth-order valence-electron chi connectivity index (χ4n) is 2.21. The monoisotopic (exact) mass is 154 g/mol. The molecule has 0 bridgehead atoms. The van der Waals surface area contributed by atoms with Gasteiger partial charge in [-0.15, -0.1) is 0 Å². The van der Waals surface area contributed by atoms with E-state index >= 15 is 0 Å². The second-order valence-corrected chi connectivity index (χ2v) is 4.00. The third-order valence-electron chi connectivity index (χ3n) is 3.27. The Balaban J connectivity index is 1.83. The molecule has 1 heterocycles. The van der Waals surface area contributed by atoms with E-state index in [9.17, 15) is 0 Å². The topological polar surface area (TPSA) is 24.1 Å². The van der Waals surface area contributed by atoms with E-state index in [0.29, 0.717) is 0 Å². The molecule has 2 heteroatoms. The highest BCUT2D eigenvalue weighted by atomic mass is 15.0. The summed E-state index contributed by atoms with van der Waals surface area (Å²) >= 11 is 0. The van der Waals surface area contributed by atoms with Crippen LogP contribution < -0.4 is 10.6 Å². The third kappa shape index (κ3) is 1.30. The van der Waals surface area contributed by atoms with E-state index in [-0.39, 0.29) is 0 Å². The van der Waals surface area contributed by atoms with Crippen molar-refractivity contribution >= 4 is 0 Å². The quantitative estimate of drug-likeness (QED) is 0.622. The molecule has 1 saturated heterocycles. The summed E-state index contributed by atoms with van der Waals surface area (Å²) in [6.07, 6.45) is 2.94. The summed E-state index contributed by atoms with van der Waals surface area (Å²) in [5.41, 5.74) is 0.738. The average molecular weight is 154 g/mol. The lowest BCUT2D eigenvalue weighted by atomic mass is 9.93. The molecular formula is C9H18N2. The van der Waals surface area contributed by atoms with Crippen LogP contribution in [0.15, 0.2) is 0 Å². The number of rotatable bonds is 3. The van der Waals surface area contributed by atoms with Gasteiger partial charge in [0.15, 0.2) is 0 Å². The van der Waals surface area contributed by atoms with Crippen LogP contribution >= 0.6 is 0 Å². The Morgan fingerprint density at radius 1 is 1.55 bits per heavy atom. The SMILES string of the molecule is CCNCC1CNCC12CC2. The molecule has 11 heavy (non-hydrogen) atoms. The zero-order valence-corrected chi connectivity index (χ0v) is 7.32. The van der Waals surface area contributed by atoms with Crippen LogP contribution in [0.2, 0.25) is 0 Å². The highest BCUT2D eigenvalue weighted by Gasteiger charge is 2.51. The summed E-state index contributed by atoms with van der Waals surface area (Å²) in [4.78, 5) is 0. The van der Waals surface area contributed by atoms with Gasteiger partial charge >= 0.3 is 0 Å². The summed E-state index contributed by atoms with van der Waals surface area (Å²) < 4.78 is 0. The van der Waals surface area contributed by atoms with Crippen LogP contribution in [0.3, 0.4) is 0 Å². The van der Waals surface area contributed by atoms with Gasteiger partial charge in [0.25, 0.3) is 0 Å². The van der Waals surface area contributed by atoms with E-state index in [1.54, 1.807) is 0 Å². The molecule has 0 radical (unpaired) electrons. The van der Waals surface area contributed by atoms with Crippen molar-refractivity contribution < 1.29 is 0 Å². The smallest absolute Gasteiger partial charge is 0.00116 e. The van der Waals surface area contributed by atoms with Gasteiger partial charge in [0.1, 0.15) is 0 Å². The minimum absolute atomic E-state index is 0.738. The standard InChI is InChI=1S/C9H18N2/c1-2-10-5-8-6-11-7-9(8)3-4-9/h8,10-11H,2-7H2,1H3.